The Labute approximate surface area is 89.2 Å². The maximum absolute atomic E-state index is 11.2. The van der Waals surface area contributed by atoms with E-state index < -0.39 is 0 Å². The van der Waals surface area contributed by atoms with E-state index in [1.54, 1.807) is 18.4 Å². The molecular weight excluding hydrogens is 248 g/mol. The van der Waals surface area contributed by atoms with E-state index in [2.05, 4.69) is 30.9 Å². The number of hydrogen-bond acceptors (Lipinski definition) is 4. The van der Waals surface area contributed by atoms with Gasteiger partial charge in [-0.1, -0.05) is 15.9 Å². The van der Waals surface area contributed by atoms with Gasteiger partial charge in [-0.25, -0.2) is 4.79 Å². The molecule has 1 aliphatic heterocycles. The van der Waals surface area contributed by atoms with Gasteiger partial charge in [0.15, 0.2) is 0 Å². The van der Waals surface area contributed by atoms with Gasteiger partial charge in [-0.2, -0.15) is 10.2 Å². The molecule has 2 aliphatic rings. The lowest BCUT2D eigenvalue weighted by Crippen LogP contribution is -2.17. The standard InChI is InChI=1S/C9H7BrN2O2/c1-14-9(13)5-2-7(10)6-4-11-12-8(6)3-5/h2-4,6H,1H3/t6-/m0/s1. The molecule has 0 unspecified atom stereocenters. The Balaban J connectivity index is 2.35. The highest BCUT2D eigenvalue weighted by Crippen LogP contribution is 2.28. The van der Waals surface area contributed by atoms with E-state index in [4.69, 9.17) is 0 Å². The molecule has 0 N–H and O–H groups in total. The van der Waals surface area contributed by atoms with E-state index in [-0.39, 0.29) is 11.9 Å². The molecule has 14 heavy (non-hydrogen) atoms. The molecule has 0 saturated carbocycles. The third-order valence-electron chi connectivity index (χ3n) is 2.02. The molecule has 0 bridgehead atoms. The van der Waals surface area contributed by atoms with Gasteiger partial charge < -0.3 is 4.74 Å². The highest BCUT2D eigenvalue weighted by Gasteiger charge is 2.26. The number of carbonyl (C=O) groups is 1. The zero-order valence-electron chi connectivity index (χ0n) is 7.40. The Hall–Kier alpha value is -1.23. The van der Waals surface area contributed by atoms with Gasteiger partial charge >= 0.3 is 5.97 Å². The molecule has 72 valence electrons. The number of allylic oxidation sites excluding steroid dienone is 2. The number of rotatable bonds is 1. The monoisotopic (exact) mass is 254 g/mol. The van der Waals surface area contributed by atoms with Crippen LogP contribution < -0.4 is 0 Å². The average molecular weight is 255 g/mol. The van der Waals surface area contributed by atoms with Crippen LogP contribution in [0, 0.1) is 5.92 Å². The number of halogens is 1. The van der Waals surface area contributed by atoms with Gasteiger partial charge in [-0.05, 0) is 12.2 Å². The highest BCUT2D eigenvalue weighted by molar-refractivity contribution is 9.11. The minimum absolute atomic E-state index is 0.0587. The van der Waals surface area contributed by atoms with Crippen LogP contribution in [0.25, 0.3) is 0 Å². The van der Waals surface area contributed by atoms with Crippen LogP contribution in [0.1, 0.15) is 0 Å². The number of nitrogens with zero attached hydrogens (tertiary/aromatic N) is 2. The predicted octanol–water partition coefficient (Wildman–Crippen LogP) is 1.43. The summed E-state index contributed by atoms with van der Waals surface area (Å²) in [5.41, 5.74) is 1.25. The first kappa shape index (κ1) is 9.33. The Morgan fingerprint density at radius 3 is 3.07 bits per heavy atom. The highest BCUT2D eigenvalue weighted by atomic mass is 79.9. The molecule has 1 heterocycles. The van der Waals surface area contributed by atoms with Crippen molar-refractivity contribution >= 4 is 33.8 Å². The van der Waals surface area contributed by atoms with Crippen molar-refractivity contribution in [3.63, 3.8) is 0 Å². The summed E-state index contributed by atoms with van der Waals surface area (Å²) in [6, 6.07) is 0. The molecule has 4 nitrogen and oxygen atoms in total. The van der Waals surface area contributed by atoms with Crippen LogP contribution in [0.3, 0.4) is 0 Å². The molecule has 0 aromatic rings. The van der Waals surface area contributed by atoms with Crippen molar-refractivity contribution in [1.82, 2.24) is 0 Å². The second-order valence-corrected chi connectivity index (χ2v) is 3.80. The first-order valence-corrected chi connectivity index (χ1v) is 4.80. The Kier molecular flexibility index (Phi) is 2.33. The smallest absolute Gasteiger partial charge is 0.337 e. The fraction of sp³-hybridized carbons (Fsp3) is 0.222. The summed E-state index contributed by atoms with van der Waals surface area (Å²) in [7, 11) is 1.35. The van der Waals surface area contributed by atoms with Crippen LogP contribution >= 0.6 is 15.9 Å². The van der Waals surface area contributed by atoms with Crippen molar-refractivity contribution < 1.29 is 9.53 Å². The van der Waals surface area contributed by atoms with Gasteiger partial charge in [0.05, 0.1) is 24.3 Å². The van der Waals surface area contributed by atoms with E-state index in [9.17, 15) is 4.79 Å². The zero-order valence-corrected chi connectivity index (χ0v) is 8.98. The lowest BCUT2D eigenvalue weighted by molar-refractivity contribution is -0.135. The second-order valence-electron chi connectivity index (χ2n) is 2.89. The summed E-state index contributed by atoms with van der Waals surface area (Å²) in [5.74, 6) is -0.307. The van der Waals surface area contributed by atoms with E-state index in [1.165, 1.54) is 7.11 Å². The summed E-state index contributed by atoms with van der Waals surface area (Å²) in [4.78, 5) is 11.2. The maximum Gasteiger partial charge on any atom is 0.337 e. The number of carbonyl (C=O) groups excluding carboxylic acids is 1. The van der Waals surface area contributed by atoms with E-state index in [0.29, 0.717) is 5.57 Å². The molecule has 0 aromatic carbocycles. The largest absolute Gasteiger partial charge is 0.465 e. The van der Waals surface area contributed by atoms with E-state index in [0.717, 1.165) is 10.2 Å². The normalized spacial score (nSPS) is 23.6. The van der Waals surface area contributed by atoms with E-state index in [1.807, 2.05) is 0 Å². The van der Waals surface area contributed by atoms with Crippen LogP contribution in [-0.2, 0) is 9.53 Å². The topological polar surface area (TPSA) is 51.0 Å². The van der Waals surface area contributed by atoms with Gasteiger partial charge in [0.2, 0.25) is 0 Å². The molecule has 0 amide bonds. The molecule has 0 saturated heterocycles. The summed E-state index contributed by atoms with van der Waals surface area (Å²) in [6.07, 6.45) is 5.14. The Bertz CT molecular complexity index is 407. The van der Waals surface area contributed by atoms with Crippen molar-refractivity contribution in [3.8, 4) is 0 Å². The summed E-state index contributed by atoms with van der Waals surface area (Å²) in [5, 5.41) is 7.70. The van der Waals surface area contributed by atoms with E-state index >= 15 is 0 Å². The molecule has 1 atom stereocenters. The number of esters is 1. The lowest BCUT2D eigenvalue weighted by atomic mass is 9.96. The summed E-state index contributed by atoms with van der Waals surface area (Å²) >= 11 is 3.37. The summed E-state index contributed by atoms with van der Waals surface area (Å²) in [6.45, 7) is 0. The van der Waals surface area contributed by atoms with Gasteiger partial charge in [-0.3, -0.25) is 0 Å². The first-order valence-electron chi connectivity index (χ1n) is 4.00. The molecule has 0 aromatic heterocycles. The number of ether oxygens (including phenoxy) is 1. The molecule has 0 radical (unpaired) electrons. The minimum atomic E-state index is -0.366. The second kappa shape index (κ2) is 3.49. The lowest BCUT2D eigenvalue weighted by Gasteiger charge is -2.13. The van der Waals surface area contributed by atoms with Crippen molar-refractivity contribution in [2.45, 2.75) is 0 Å². The zero-order chi connectivity index (χ0) is 10.1. The first-order chi connectivity index (χ1) is 6.72. The predicted molar refractivity (Wildman–Crippen MR) is 56.5 cm³/mol. The molecule has 0 spiro atoms. The fourth-order valence-electron chi connectivity index (χ4n) is 1.31. The third-order valence-corrected chi connectivity index (χ3v) is 2.74. The van der Waals surface area contributed by atoms with Crippen LogP contribution in [0.5, 0.6) is 0 Å². The van der Waals surface area contributed by atoms with Crippen LogP contribution in [-0.4, -0.2) is 25.0 Å². The Morgan fingerprint density at radius 2 is 2.36 bits per heavy atom. The number of hydrogen-bond donors (Lipinski definition) is 0. The van der Waals surface area contributed by atoms with Gasteiger partial charge in [-0.15, -0.1) is 0 Å². The quantitative estimate of drug-likeness (QED) is 0.665. The van der Waals surface area contributed by atoms with Crippen molar-refractivity contribution in [2.24, 2.45) is 16.1 Å². The molecule has 0 fully saturated rings. The van der Waals surface area contributed by atoms with Crippen LogP contribution in [0.4, 0.5) is 0 Å². The van der Waals surface area contributed by atoms with Gasteiger partial charge in [0, 0.05) is 10.7 Å². The molecule has 1 aliphatic carbocycles. The van der Waals surface area contributed by atoms with Gasteiger partial charge in [0.1, 0.15) is 0 Å². The summed E-state index contributed by atoms with van der Waals surface area (Å²) < 4.78 is 5.49. The van der Waals surface area contributed by atoms with Crippen molar-refractivity contribution in [2.75, 3.05) is 7.11 Å². The van der Waals surface area contributed by atoms with Crippen LogP contribution in [0.15, 0.2) is 32.4 Å². The van der Waals surface area contributed by atoms with Crippen molar-refractivity contribution in [3.05, 3.63) is 22.2 Å². The van der Waals surface area contributed by atoms with Crippen molar-refractivity contribution in [1.29, 1.82) is 0 Å². The minimum Gasteiger partial charge on any atom is -0.465 e. The fourth-order valence-corrected chi connectivity index (χ4v) is 1.91. The average Bonchev–Trinajstić information content (AvgIpc) is 2.64. The maximum atomic E-state index is 11.2. The molecule has 5 heteroatoms. The number of methoxy groups -OCH3 is 1. The number of fused-ring (bicyclic) bond motifs is 1. The Morgan fingerprint density at radius 1 is 1.57 bits per heavy atom. The third kappa shape index (κ3) is 1.43. The van der Waals surface area contributed by atoms with Crippen LogP contribution in [0.2, 0.25) is 0 Å². The SMILES string of the molecule is COC(=O)C1=CC2=NN=C[C@H]2C(Br)=C1. The van der Waals surface area contributed by atoms with Gasteiger partial charge in [0.25, 0.3) is 0 Å². The molecular formula is C9H7BrN2O2. The molecule has 2 rings (SSSR count).